The van der Waals surface area contributed by atoms with Crippen LogP contribution in [0.4, 0.5) is 0 Å². The van der Waals surface area contributed by atoms with Gasteiger partial charge in [0.1, 0.15) is 0 Å². The molecule has 4 nitrogen and oxygen atoms in total. The normalized spacial score (nSPS) is 10.8. The lowest BCUT2D eigenvalue weighted by atomic mass is 10.1. The molecule has 120 valence electrons. The second kappa shape index (κ2) is 7.92. The number of rotatable bonds is 6. The summed E-state index contributed by atoms with van der Waals surface area (Å²) in [6.45, 7) is 0. The topological polar surface area (TPSA) is 46.4 Å². The number of aromatic nitrogens is 1. The molecule has 3 aromatic rings. The molecule has 4 heteroatoms. The van der Waals surface area contributed by atoms with E-state index in [4.69, 9.17) is 0 Å². The Morgan fingerprint density at radius 1 is 0.958 bits per heavy atom. The largest absolute Gasteiger partial charge is 0.324 e. The van der Waals surface area contributed by atoms with E-state index in [9.17, 15) is 4.79 Å². The molecule has 1 N–H and O–H groups in total. The summed E-state index contributed by atoms with van der Waals surface area (Å²) in [5.74, 6) is -0.204. The van der Waals surface area contributed by atoms with Gasteiger partial charge in [-0.05, 0) is 54.8 Å². The van der Waals surface area contributed by atoms with Crippen LogP contribution in [0.25, 0.3) is 5.69 Å². The van der Waals surface area contributed by atoms with E-state index in [1.54, 1.807) is 18.3 Å². The Morgan fingerprint density at radius 3 is 2.38 bits per heavy atom. The van der Waals surface area contributed by atoms with E-state index in [0.717, 1.165) is 18.5 Å². The first-order chi connectivity index (χ1) is 11.8. The van der Waals surface area contributed by atoms with Crippen molar-refractivity contribution in [2.24, 2.45) is 5.10 Å². The number of nitrogens with one attached hydrogen (secondary N) is 1. The molecule has 0 saturated carbocycles. The molecule has 0 aliphatic carbocycles. The van der Waals surface area contributed by atoms with Gasteiger partial charge in [0.05, 0.1) is 0 Å². The van der Waals surface area contributed by atoms with Crippen LogP contribution in [-0.4, -0.2) is 16.7 Å². The molecular formula is C20H19N3O. The number of benzene rings is 2. The van der Waals surface area contributed by atoms with Crippen molar-refractivity contribution in [3.05, 3.63) is 90.3 Å². The summed E-state index contributed by atoms with van der Waals surface area (Å²) in [6.07, 6.45) is 7.36. The van der Waals surface area contributed by atoms with E-state index in [0.29, 0.717) is 5.56 Å². The van der Waals surface area contributed by atoms with Crippen LogP contribution >= 0.6 is 0 Å². The summed E-state index contributed by atoms with van der Waals surface area (Å²) in [4.78, 5) is 12.0. The number of hydrogen-bond acceptors (Lipinski definition) is 2. The second-order valence-electron chi connectivity index (χ2n) is 5.41. The summed E-state index contributed by atoms with van der Waals surface area (Å²) < 4.78 is 1.99. The van der Waals surface area contributed by atoms with Crippen LogP contribution in [0.15, 0.2) is 84.2 Å². The molecule has 0 spiro atoms. The zero-order chi connectivity index (χ0) is 16.6. The highest BCUT2D eigenvalue weighted by Crippen LogP contribution is 2.10. The number of hydrazone groups is 1. The van der Waals surface area contributed by atoms with E-state index in [1.165, 1.54) is 5.56 Å². The molecule has 0 aliphatic heterocycles. The molecule has 2 aromatic carbocycles. The Bertz CT molecular complexity index is 791. The first-order valence-corrected chi connectivity index (χ1v) is 7.92. The third-order valence-electron chi connectivity index (χ3n) is 3.69. The van der Waals surface area contributed by atoms with Gasteiger partial charge in [0.15, 0.2) is 0 Å². The van der Waals surface area contributed by atoms with E-state index in [-0.39, 0.29) is 5.91 Å². The molecule has 0 bridgehead atoms. The first kappa shape index (κ1) is 15.7. The van der Waals surface area contributed by atoms with Crippen molar-refractivity contribution in [1.29, 1.82) is 0 Å². The lowest BCUT2D eigenvalue weighted by Crippen LogP contribution is -2.17. The highest BCUT2D eigenvalue weighted by Gasteiger charge is 2.04. The quantitative estimate of drug-likeness (QED) is 0.545. The fourth-order valence-electron chi connectivity index (χ4n) is 2.40. The molecule has 0 aliphatic rings. The standard InChI is InChI=1S/C20H19N3O/c24-20(22-21-14-6-9-17-7-2-1-3-8-17)18-10-12-19(13-11-18)23-15-4-5-16-23/h1-5,7-8,10-16H,6,9H2,(H,22,24)/b21-14+. The van der Waals surface area contributed by atoms with Crippen LogP contribution in [0.1, 0.15) is 22.3 Å². The van der Waals surface area contributed by atoms with Crippen LogP contribution in [0, 0.1) is 0 Å². The predicted molar refractivity (Wildman–Crippen MR) is 96.5 cm³/mol. The molecule has 1 amide bonds. The van der Waals surface area contributed by atoms with E-state index >= 15 is 0 Å². The Labute approximate surface area is 141 Å². The number of nitrogens with zero attached hydrogens (tertiary/aromatic N) is 2. The molecule has 0 saturated heterocycles. The summed E-state index contributed by atoms with van der Waals surface area (Å²) in [5.41, 5.74) is 5.43. The van der Waals surface area contributed by atoms with Crippen LogP contribution < -0.4 is 5.43 Å². The zero-order valence-corrected chi connectivity index (χ0v) is 13.3. The fourth-order valence-corrected chi connectivity index (χ4v) is 2.40. The molecule has 0 unspecified atom stereocenters. The maximum absolute atomic E-state index is 12.0. The molecule has 24 heavy (non-hydrogen) atoms. The van der Waals surface area contributed by atoms with Gasteiger partial charge in [0, 0.05) is 29.9 Å². The minimum absolute atomic E-state index is 0.204. The van der Waals surface area contributed by atoms with Crippen molar-refractivity contribution in [3.8, 4) is 5.69 Å². The minimum atomic E-state index is -0.204. The minimum Gasteiger partial charge on any atom is -0.324 e. The van der Waals surface area contributed by atoms with E-state index < -0.39 is 0 Å². The molecular weight excluding hydrogens is 298 g/mol. The molecule has 0 atom stereocenters. The number of carbonyl (C=O) groups is 1. The summed E-state index contributed by atoms with van der Waals surface area (Å²) in [7, 11) is 0. The van der Waals surface area contributed by atoms with Crippen molar-refractivity contribution in [1.82, 2.24) is 9.99 Å². The van der Waals surface area contributed by atoms with Crippen molar-refractivity contribution in [3.63, 3.8) is 0 Å². The van der Waals surface area contributed by atoms with Crippen LogP contribution in [-0.2, 0) is 6.42 Å². The van der Waals surface area contributed by atoms with E-state index in [1.807, 2.05) is 59.4 Å². The van der Waals surface area contributed by atoms with Crippen molar-refractivity contribution >= 4 is 12.1 Å². The maximum atomic E-state index is 12.0. The average Bonchev–Trinajstić information content (AvgIpc) is 3.17. The fraction of sp³-hybridized carbons (Fsp3) is 0.100. The van der Waals surface area contributed by atoms with Gasteiger partial charge in [-0.1, -0.05) is 30.3 Å². The van der Waals surface area contributed by atoms with Gasteiger partial charge < -0.3 is 4.57 Å². The maximum Gasteiger partial charge on any atom is 0.271 e. The molecule has 1 heterocycles. The lowest BCUT2D eigenvalue weighted by molar-refractivity contribution is 0.0955. The van der Waals surface area contributed by atoms with Gasteiger partial charge in [-0.25, -0.2) is 5.43 Å². The summed E-state index contributed by atoms with van der Waals surface area (Å²) in [5, 5.41) is 4.01. The first-order valence-electron chi connectivity index (χ1n) is 7.92. The third-order valence-corrected chi connectivity index (χ3v) is 3.69. The molecule has 3 rings (SSSR count). The van der Waals surface area contributed by atoms with Gasteiger partial charge in [-0.2, -0.15) is 5.10 Å². The van der Waals surface area contributed by atoms with Gasteiger partial charge in [-0.3, -0.25) is 4.79 Å². The van der Waals surface area contributed by atoms with Crippen molar-refractivity contribution in [2.45, 2.75) is 12.8 Å². The van der Waals surface area contributed by atoms with Crippen LogP contribution in [0.5, 0.6) is 0 Å². The monoisotopic (exact) mass is 317 g/mol. The number of carbonyl (C=O) groups excluding carboxylic acids is 1. The van der Waals surface area contributed by atoms with Crippen LogP contribution in [0.3, 0.4) is 0 Å². The number of amides is 1. The van der Waals surface area contributed by atoms with Gasteiger partial charge >= 0.3 is 0 Å². The Hall–Kier alpha value is -3.14. The van der Waals surface area contributed by atoms with Crippen molar-refractivity contribution in [2.75, 3.05) is 0 Å². The Morgan fingerprint density at radius 2 is 1.67 bits per heavy atom. The smallest absolute Gasteiger partial charge is 0.271 e. The van der Waals surface area contributed by atoms with Gasteiger partial charge in [0.25, 0.3) is 5.91 Å². The van der Waals surface area contributed by atoms with Gasteiger partial charge in [-0.15, -0.1) is 0 Å². The molecule has 0 radical (unpaired) electrons. The van der Waals surface area contributed by atoms with E-state index in [2.05, 4.69) is 22.7 Å². The summed E-state index contributed by atoms with van der Waals surface area (Å²) >= 11 is 0. The molecule has 1 aromatic heterocycles. The van der Waals surface area contributed by atoms with Crippen LogP contribution in [0.2, 0.25) is 0 Å². The molecule has 0 fully saturated rings. The average molecular weight is 317 g/mol. The highest BCUT2D eigenvalue weighted by molar-refractivity contribution is 5.94. The van der Waals surface area contributed by atoms with Gasteiger partial charge in [0.2, 0.25) is 0 Å². The Balaban J connectivity index is 1.49. The second-order valence-corrected chi connectivity index (χ2v) is 5.41. The zero-order valence-electron chi connectivity index (χ0n) is 13.3. The lowest BCUT2D eigenvalue weighted by Gasteiger charge is -2.04. The summed E-state index contributed by atoms with van der Waals surface area (Å²) in [6, 6.07) is 21.5. The number of hydrogen-bond donors (Lipinski definition) is 1. The highest BCUT2D eigenvalue weighted by atomic mass is 16.2. The number of aryl methyl sites for hydroxylation is 1. The SMILES string of the molecule is O=C(N/N=C/CCc1ccccc1)c1ccc(-n2cccc2)cc1. The Kier molecular flexibility index (Phi) is 5.20. The third kappa shape index (κ3) is 4.20. The van der Waals surface area contributed by atoms with Crippen molar-refractivity contribution < 1.29 is 4.79 Å². The predicted octanol–water partition coefficient (Wildman–Crippen LogP) is 3.83.